The molecule has 0 saturated heterocycles. The Morgan fingerprint density at radius 2 is 1.75 bits per heavy atom. The fraction of sp³-hybridized carbons (Fsp3) is 0.125. The molecule has 0 spiro atoms. The van der Waals surface area contributed by atoms with Gasteiger partial charge < -0.3 is 9.15 Å². The largest absolute Gasteiger partial charge is 0.456 e. The number of benzene rings is 2. The van der Waals surface area contributed by atoms with Crippen molar-refractivity contribution < 1.29 is 22.1 Å². The molecule has 1 aromatic heterocycles. The van der Waals surface area contributed by atoms with Crippen LogP contribution in [0, 0.1) is 13.8 Å². The molecule has 8 heteroatoms. The maximum Gasteiger partial charge on any atom is 0.298 e. The molecule has 1 N–H and O–H groups in total. The summed E-state index contributed by atoms with van der Waals surface area (Å²) >= 11 is 0. The monoisotopic (exact) mass is 346 g/mol. The van der Waals surface area contributed by atoms with Crippen molar-refractivity contribution in [2.45, 2.75) is 18.7 Å². The molecule has 0 atom stereocenters. The lowest BCUT2D eigenvalue weighted by atomic mass is 10.2. The number of hydrogen-bond donors (Lipinski definition) is 1. The maximum atomic E-state index is 11.5. The van der Waals surface area contributed by atoms with Crippen LogP contribution >= 0.6 is 0 Å². The van der Waals surface area contributed by atoms with Crippen LogP contribution in [0.25, 0.3) is 11.5 Å². The Kier molecular flexibility index (Phi) is 4.08. The molecular formula is C16H14N2O5S. The van der Waals surface area contributed by atoms with Gasteiger partial charge in [-0.25, -0.2) is 0 Å². The van der Waals surface area contributed by atoms with Gasteiger partial charge in [0.25, 0.3) is 10.1 Å². The van der Waals surface area contributed by atoms with Crippen LogP contribution < -0.4 is 4.74 Å². The van der Waals surface area contributed by atoms with Crippen LogP contribution in [0.1, 0.15) is 11.5 Å². The summed E-state index contributed by atoms with van der Waals surface area (Å²) < 4.78 is 43.2. The quantitative estimate of drug-likeness (QED) is 0.722. The van der Waals surface area contributed by atoms with Crippen molar-refractivity contribution in [3.05, 3.63) is 53.9 Å². The number of rotatable bonds is 4. The zero-order chi connectivity index (χ0) is 17.3. The molecule has 0 saturated carbocycles. The summed E-state index contributed by atoms with van der Waals surface area (Å²) in [4.78, 5) is -0.279. The summed E-state index contributed by atoms with van der Waals surface area (Å²) in [6.07, 6.45) is 0. The van der Waals surface area contributed by atoms with Crippen LogP contribution in [0.15, 0.2) is 51.8 Å². The van der Waals surface area contributed by atoms with Gasteiger partial charge in [0.05, 0.1) is 0 Å². The molecule has 3 aromatic rings. The average Bonchev–Trinajstić information content (AvgIpc) is 2.95. The Bertz CT molecular complexity index is 978. The highest BCUT2D eigenvalue weighted by molar-refractivity contribution is 7.86. The number of aryl methyl sites for hydroxylation is 2. The van der Waals surface area contributed by atoms with Crippen LogP contribution in [0.2, 0.25) is 0 Å². The molecule has 124 valence electrons. The molecule has 3 rings (SSSR count). The summed E-state index contributed by atoms with van der Waals surface area (Å²) in [7, 11) is -4.38. The molecule has 1 heterocycles. The van der Waals surface area contributed by atoms with Gasteiger partial charge in [0.2, 0.25) is 11.8 Å². The normalized spacial score (nSPS) is 11.5. The summed E-state index contributed by atoms with van der Waals surface area (Å²) in [5, 5.41) is 7.67. The van der Waals surface area contributed by atoms with E-state index in [2.05, 4.69) is 10.2 Å². The van der Waals surface area contributed by atoms with E-state index in [4.69, 9.17) is 9.15 Å². The van der Waals surface area contributed by atoms with E-state index >= 15 is 0 Å². The first kappa shape index (κ1) is 16.2. The summed E-state index contributed by atoms with van der Waals surface area (Å²) in [5.41, 5.74) is 1.40. The molecule has 0 radical (unpaired) electrons. The molecule has 2 aromatic carbocycles. The predicted molar refractivity (Wildman–Crippen MR) is 85.5 cm³/mol. The number of nitrogens with zero attached hydrogens (tertiary/aromatic N) is 2. The molecule has 0 fully saturated rings. The summed E-state index contributed by atoms with van der Waals surface area (Å²) in [6.45, 7) is 3.42. The summed E-state index contributed by atoms with van der Waals surface area (Å²) in [5.74, 6) is 1.30. The Labute approximate surface area is 138 Å². The molecule has 0 bridgehead atoms. The minimum absolute atomic E-state index is 0.0458. The fourth-order valence-electron chi connectivity index (χ4n) is 2.11. The molecule has 0 aliphatic carbocycles. The molecule has 0 unspecified atom stereocenters. The van der Waals surface area contributed by atoms with E-state index in [9.17, 15) is 13.0 Å². The maximum absolute atomic E-state index is 11.5. The standard InChI is InChI=1S/C16H14N2O5S/c1-10-3-8-14(15(9-10)24(19,20)21)23-13-6-4-12(5-7-13)16-18-17-11(2)22-16/h3-9H,1-2H3,(H,19,20,21). The van der Waals surface area contributed by atoms with Gasteiger partial charge in [0.15, 0.2) is 0 Å². The first-order chi connectivity index (χ1) is 11.3. The Balaban J connectivity index is 1.90. The number of hydrogen-bond acceptors (Lipinski definition) is 6. The third kappa shape index (κ3) is 3.44. The van der Waals surface area contributed by atoms with Crippen molar-refractivity contribution >= 4 is 10.1 Å². The third-order valence-electron chi connectivity index (χ3n) is 3.23. The van der Waals surface area contributed by atoms with Crippen molar-refractivity contribution in [3.8, 4) is 23.0 Å². The third-order valence-corrected chi connectivity index (χ3v) is 4.11. The molecular weight excluding hydrogens is 332 g/mol. The van der Waals surface area contributed by atoms with E-state index in [1.54, 1.807) is 44.2 Å². The second-order valence-electron chi connectivity index (χ2n) is 5.18. The second-order valence-corrected chi connectivity index (χ2v) is 6.57. The highest BCUT2D eigenvalue weighted by Gasteiger charge is 2.17. The average molecular weight is 346 g/mol. The molecule has 24 heavy (non-hydrogen) atoms. The second kappa shape index (κ2) is 6.06. The van der Waals surface area contributed by atoms with Crippen molar-refractivity contribution in [2.75, 3.05) is 0 Å². The fourth-order valence-corrected chi connectivity index (χ4v) is 2.81. The smallest absolute Gasteiger partial charge is 0.298 e. The van der Waals surface area contributed by atoms with Gasteiger partial charge in [-0.15, -0.1) is 10.2 Å². The lowest BCUT2D eigenvalue weighted by Gasteiger charge is -2.10. The van der Waals surface area contributed by atoms with Crippen molar-refractivity contribution in [1.29, 1.82) is 0 Å². The topological polar surface area (TPSA) is 103 Å². The Morgan fingerprint density at radius 3 is 2.33 bits per heavy atom. The first-order valence-electron chi connectivity index (χ1n) is 6.99. The van der Waals surface area contributed by atoms with Gasteiger partial charge in [-0.1, -0.05) is 6.07 Å². The molecule has 7 nitrogen and oxygen atoms in total. The van der Waals surface area contributed by atoms with Crippen molar-refractivity contribution in [1.82, 2.24) is 10.2 Å². The van der Waals surface area contributed by atoms with Crippen LogP contribution in [0.4, 0.5) is 0 Å². The van der Waals surface area contributed by atoms with Crippen LogP contribution in [0.5, 0.6) is 11.5 Å². The first-order valence-corrected chi connectivity index (χ1v) is 8.43. The molecule has 0 amide bonds. The van der Waals surface area contributed by atoms with Gasteiger partial charge in [-0.2, -0.15) is 8.42 Å². The number of ether oxygens (including phenoxy) is 1. The van der Waals surface area contributed by atoms with Gasteiger partial charge in [-0.3, -0.25) is 4.55 Å². The van der Waals surface area contributed by atoms with E-state index in [1.165, 1.54) is 12.1 Å². The minimum Gasteiger partial charge on any atom is -0.456 e. The highest BCUT2D eigenvalue weighted by atomic mass is 32.2. The molecule has 0 aliphatic rings. The van der Waals surface area contributed by atoms with Crippen molar-refractivity contribution in [3.63, 3.8) is 0 Å². The number of aromatic nitrogens is 2. The van der Waals surface area contributed by atoms with Gasteiger partial charge >= 0.3 is 0 Å². The van der Waals surface area contributed by atoms with E-state index in [0.717, 1.165) is 0 Å². The zero-order valence-corrected chi connectivity index (χ0v) is 13.7. The van der Waals surface area contributed by atoms with Crippen LogP contribution in [-0.4, -0.2) is 23.2 Å². The van der Waals surface area contributed by atoms with E-state index in [1.807, 2.05) is 0 Å². The van der Waals surface area contributed by atoms with Crippen LogP contribution in [-0.2, 0) is 10.1 Å². The Hall–Kier alpha value is -2.71. The lowest BCUT2D eigenvalue weighted by Crippen LogP contribution is -2.01. The van der Waals surface area contributed by atoms with E-state index in [-0.39, 0.29) is 10.6 Å². The Morgan fingerprint density at radius 1 is 1.04 bits per heavy atom. The van der Waals surface area contributed by atoms with E-state index < -0.39 is 10.1 Å². The predicted octanol–water partition coefficient (Wildman–Crippen LogP) is 3.39. The minimum atomic E-state index is -4.38. The van der Waals surface area contributed by atoms with Crippen molar-refractivity contribution in [2.24, 2.45) is 0 Å². The van der Waals surface area contributed by atoms with Crippen LogP contribution in [0.3, 0.4) is 0 Å². The zero-order valence-electron chi connectivity index (χ0n) is 12.9. The highest BCUT2D eigenvalue weighted by Crippen LogP contribution is 2.30. The summed E-state index contributed by atoms with van der Waals surface area (Å²) in [6, 6.07) is 11.2. The SMILES string of the molecule is Cc1ccc(Oc2ccc(-c3nnc(C)o3)cc2)c(S(=O)(=O)O)c1. The van der Waals surface area contributed by atoms with Gasteiger partial charge in [0.1, 0.15) is 16.4 Å². The van der Waals surface area contributed by atoms with Gasteiger partial charge in [-0.05, 0) is 48.9 Å². The lowest BCUT2D eigenvalue weighted by molar-refractivity contribution is 0.450. The van der Waals surface area contributed by atoms with E-state index in [0.29, 0.717) is 28.7 Å². The van der Waals surface area contributed by atoms with Gasteiger partial charge in [0, 0.05) is 12.5 Å². The molecule has 0 aliphatic heterocycles.